The zero-order valence-corrected chi connectivity index (χ0v) is 39.6. The van der Waals surface area contributed by atoms with E-state index in [2.05, 4.69) is 75.2 Å². The number of hydrogen-bond acceptors (Lipinski definition) is 9. The molecular weight excluding hydrogens is 873 g/mol. The van der Waals surface area contributed by atoms with E-state index in [4.69, 9.17) is 24.2 Å². The Morgan fingerprint density at radius 2 is 1.26 bits per heavy atom. The van der Waals surface area contributed by atoms with Crippen molar-refractivity contribution in [3.05, 3.63) is 108 Å². The molecular formula is C54H60N8O7. The van der Waals surface area contributed by atoms with Crippen molar-refractivity contribution >= 4 is 67.6 Å². The zero-order valence-electron chi connectivity index (χ0n) is 39.6. The Morgan fingerprint density at radius 3 is 1.87 bits per heavy atom. The number of nitrogens with zero attached hydrogens (tertiary/aromatic N) is 4. The number of H-pyrrole nitrogens is 2. The average molecular weight is 933 g/mol. The second kappa shape index (κ2) is 19.5. The molecule has 4 N–H and O–H groups in total. The lowest BCUT2D eigenvalue weighted by Crippen LogP contribution is -2.51. The smallest absolute Gasteiger partial charge is 0.407 e. The molecule has 0 bridgehead atoms. The summed E-state index contributed by atoms with van der Waals surface area (Å²) in [5, 5.41) is 9.60. The monoisotopic (exact) mass is 932 g/mol. The largest absolute Gasteiger partial charge is 0.453 e. The number of amides is 4. The first kappa shape index (κ1) is 45.8. The molecule has 1 saturated carbocycles. The lowest BCUT2D eigenvalue weighted by molar-refractivity contribution is -0.136. The number of methoxy groups -OCH3 is 2. The highest BCUT2D eigenvalue weighted by Gasteiger charge is 2.42. The number of benzene rings is 5. The van der Waals surface area contributed by atoms with Crippen LogP contribution in [0.25, 0.3) is 54.7 Å². The molecule has 15 nitrogen and oxygen atoms in total. The minimum atomic E-state index is -0.942. The number of fused-ring (bicyclic) bond motifs is 6. The third kappa shape index (κ3) is 9.19. The fourth-order valence-electron chi connectivity index (χ4n) is 10.9. The number of aromatic nitrogens is 4. The molecule has 358 valence electrons. The maximum atomic E-state index is 14.7. The number of ether oxygens (including phenoxy) is 3. The fraction of sp³-hybridized carbons (Fsp3) is 0.407. The summed E-state index contributed by atoms with van der Waals surface area (Å²) in [6.07, 6.45) is 5.88. The predicted octanol–water partition coefficient (Wildman–Crippen LogP) is 9.65. The molecule has 4 amide bonds. The summed E-state index contributed by atoms with van der Waals surface area (Å²) in [5.74, 6) is 1.62. The van der Waals surface area contributed by atoms with Gasteiger partial charge in [0.05, 0.1) is 55.0 Å². The van der Waals surface area contributed by atoms with Crippen molar-refractivity contribution in [2.75, 3.05) is 40.5 Å². The van der Waals surface area contributed by atoms with Crippen molar-refractivity contribution < 1.29 is 33.4 Å². The summed E-state index contributed by atoms with van der Waals surface area (Å²) < 4.78 is 16.1. The van der Waals surface area contributed by atoms with Crippen LogP contribution in [0.2, 0.25) is 0 Å². The number of alkyl carbamates (subject to hydrolysis) is 2. The minimum absolute atomic E-state index is 0.0877. The first-order valence-corrected chi connectivity index (χ1v) is 24.3. The molecule has 10 rings (SSSR count). The normalized spacial score (nSPS) is 19.5. The molecule has 5 atom stereocenters. The van der Waals surface area contributed by atoms with Crippen molar-refractivity contribution in [1.29, 1.82) is 0 Å². The van der Waals surface area contributed by atoms with E-state index in [-0.39, 0.29) is 35.7 Å². The van der Waals surface area contributed by atoms with E-state index in [1.165, 1.54) is 39.9 Å². The number of imidazole rings is 2. The second-order valence-corrected chi connectivity index (χ2v) is 19.4. The van der Waals surface area contributed by atoms with E-state index < -0.39 is 24.3 Å². The number of rotatable bonds is 13. The van der Waals surface area contributed by atoms with Crippen LogP contribution in [-0.2, 0) is 23.8 Å². The first-order chi connectivity index (χ1) is 33.6. The van der Waals surface area contributed by atoms with E-state index in [0.29, 0.717) is 43.4 Å². The van der Waals surface area contributed by atoms with Crippen LogP contribution < -0.4 is 10.6 Å². The lowest BCUT2D eigenvalue weighted by Gasteiger charge is -2.29. The van der Waals surface area contributed by atoms with E-state index in [1.54, 1.807) is 0 Å². The second-order valence-electron chi connectivity index (χ2n) is 19.4. The summed E-state index contributed by atoms with van der Waals surface area (Å²) in [6.45, 7) is 6.16. The van der Waals surface area contributed by atoms with Crippen molar-refractivity contribution in [2.24, 2.45) is 17.8 Å². The summed E-state index contributed by atoms with van der Waals surface area (Å²) in [6, 6.07) is 28.2. The van der Waals surface area contributed by atoms with Gasteiger partial charge in [0.1, 0.15) is 23.7 Å². The van der Waals surface area contributed by atoms with Crippen LogP contribution in [0.1, 0.15) is 94.1 Å². The first-order valence-electron chi connectivity index (χ1n) is 24.3. The van der Waals surface area contributed by atoms with Crippen LogP contribution >= 0.6 is 0 Å². The van der Waals surface area contributed by atoms with Crippen LogP contribution in [0.4, 0.5) is 9.59 Å². The Hall–Kier alpha value is -7.00. The molecule has 15 heteroatoms. The molecule has 4 heterocycles. The third-order valence-electron chi connectivity index (χ3n) is 14.5. The number of nitrogens with one attached hydrogen (secondary N) is 4. The van der Waals surface area contributed by atoms with Crippen molar-refractivity contribution in [1.82, 2.24) is 40.4 Å². The van der Waals surface area contributed by atoms with Gasteiger partial charge in [-0.25, -0.2) is 19.6 Å². The van der Waals surface area contributed by atoms with Gasteiger partial charge >= 0.3 is 12.2 Å². The molecule has 0 radical (unpaired) electrons. The van der Waals surface area contributed by atoms with Gasteiger partial charge in [0.2, 0.25) is 5.91 Å². The van der Waals surface area contributed by atoms with Gasteiger partial charge in [-0.2, -0.15) is 0 Å². The van der Waals surface area contributed by atoms with E-state index in [9.17, 15) is 19.2 Å². The molecule has 0 spiro atoms. The van der Waals surface area contributed by atoms with Crippen LogP contribution in [0, 0.1) is 17.8 Å². The third-order valence-corrected chi connectivity index (χ3v) is 14.5. The molecule has 3 fully saturated rings. The number of carbonyl (C=O) groups is 4. The van der Waals surface area contributed by atoms with Gasteiger partial charge in [-0.3, -0.25) is 9.59 Å². The van der Waals surface area contributed by atoms with Crippen molar-refractivity contribution in [3.8, 4) is 11.1 Å². The average Bonchev–Trinajstić information content (AvgIpc) is 4.24. The Morgan fingerprint density at radius 1 is 0.667 bits per heavy atom. The van der Waals surface area contributed by atoms with Crippen LogP contribution in [0.15, 0.2) is 91.0 Å². The lowest BCUT2D eigenvalue weighted by atomic mass is 9.98. The predicted molar refractivity (Wildman–Crippen MR) is 264 cm³/mol. The maximum absolute atomic E-state index is 14.7. The Balaban J connectivity index is 0.915. The molecule has 0 unspecified atom stereocenters. The molecule has 5 aromatic carbocycles. The van der Waals surface area contributed by atoms with E-state index in [1.807, 2.05) is 60.0 Å². The fourth-order valence-corrected chi connectivity index (χ4v) is 10.9. The van der Waals surface area contributed by atoms with Gasteiger partial charge in [0, 0.05) is 36.4 Å². The summed E-state index contributed by atoms with van der Waals surface area (Å²) >= 11 is 0. The quantitative estimate of drug-likeness (QED) is 0.0875. The molecule has 2 saturated heterocycles. The maximum Gasteiger partial charge on any atom is 0.407 e. The van der Waals surface area contributed by atoms with Crippen LogP contribution in [0.5, 0.6) is 0 Å². The SMILES string of the molecule is COC(=O)N[C@H](C(=O)N1CCC[C@H]1c1nc2c(ccc3cc(-c4ccc5c(ccc6[nH]c([C@@H]7C[C@H](COCC8CCCC8)CN7C(=O)[C@H](NC(=O)OC)c7ccccc7)nc65)c4)ccc32)[nH]1)C(C)C. The number of likely N-dealkylation sites (tertiary alicyclic amines) is 2. The van der Waals surface area contributed by atoms with Crippen LogP contribution in [-0.4, -0.2) is 100 Å². The highest BCUT2D eigenvalue weighted by molar-refractivity contribution is 6.07. The summed E-state index contributed by atoms with van der Waals surface area (Å²) in [4.78, 5) is 74.3. The Labute approximate surface area is 400 Å². The molecule has 7 aromatic rings. The minimum Gasteiger partial charge on any atom is -0.453 e. The van der Waals surface area contributed by atoms with E-state index in [0.717, 1.165) is 80.0 Å². The Kier molecular flexibility index (Phi) is 13.0. The molecule has 2 aliphatic heterocycles. The van der Waals surface area contributed by atoms with Gasteiger partial charge < -0.3 is 44.6 Å². The number of aromatic amines is 2. The highest BCUT2D eigenvalue weighted by Crippen LogP contribution is 2.40. The molecule has 2 aromatic heterocycles. The highest BCUT2D eigenvalue weighted by atomic mass is 16.5. The Bertz CT molecular complexity index is 3030. The van der Waals surface area contributed by atoms with Gasteiger partial charge in [0.25, 0.3) is 5.91 Å². The number of hydrogen-bond donors (Lipinski definition) is 4. The molecule has 1 aliphatic carbocycles. The van der Waals surface area contributed by atoms with Gasteiger partial charge in [0.15, 0.2) is 0 Å². The van der Waals surface area contributed by atoms with Gasteiger partial charge in [-0.1, -0.05) is 93.4 Å². The van der Waals surface area contributed by atoms with Crippen LogP contribution in [0.3, 0.4) is 0 Å². The van der Waals surface area contributed by atoms with Gasteiger partial charge in [-0.05, 0) is 95.7 Å². The summed E-state index contributed by atoms with van der Waals surface area (Å²) in [7, 11) is 2.59. The zero-order chi connectivity index (χ0) is 47.8. The van der Waals surface area contributed by atoms with E-state index >= 15 is 0 Å². The number of carbonyl (C=O) groups excluding carboxylic acids is 4. The van der Waals surface area contributed by atoms with Crippen molar-refractivity contribution in [3.63, 3.8) is 0 Å². The molecule has 3 aliphatic rings. The topological polar surface area (TPSA) is 184 Å². The summed E-state index contributed by atoms with van der Waals surface area (Å²) in [5.41, 5.74) is 6.23. The molecule has 69 heavy (non-hydrogen) atoms. The van der Waals surface area contributed by atoms with Gasteiger partial charge in [-0.15, -0.1) is 0 Å². The standard InChI is InChI=1S/C54H60N8O7/c1-31(2)45(59-53(65)67-3)51(63)61-24-10-15-43(61)49-55-41-22-18-37-26-35(16-20-39(37)47(41)57-49)36-17-21-40-38(27-36)19-23-42-48(40)58-50(56-42)44-25-33(30-69-29-32-11-8-9-12-32)28-62(44)52(64)46(60-54(66)68-4)34-13-6-5-7-14-34/h5-7,13-14,16-23,26-27,31-33,43-46H,8-12,15,24-25,28-30H2,1-4H3,(H,55,57)(H,56,58)(H,59,65)(H,60,66)/t33-,43-,44-,45-,46+/m0/s1. The van der Waals surface area contributed by atoms with Crippen molar-refractivity contribution in [2.45, 2.75) is 83.0 Å².